The second-order valence-electron chi connectivity index (χ2n) is 4.15. The molecule has 0 unspecified atom stereocenters. The van der Waals surface area contributed by atoms with E-state index in [9.17, 15) is 0 Å². The average molecular weight is 342 g/mol. The van der Waals surface area contributed by atoms with E-state index in [1.807, 2.05) is 12.1 Å². The Morgan fingerprint density at radius 3 is 2.75 bits per heavy atom. The molecule has 1 heterocycles. The van der Waals surface area contributed by atoms with Crippen molar-refractivity contribution in [1.82, 2.24) is 10.2 Å². The van der Waals surface area contributed by atoms with E-state index in [0.29, 0.717) is 29.8 Å². The third-order valence-corrected chi connectivity index (χ3v) is 3.22. The number of methoxy groups -OCH3 is 1. The number of nitrogens with two attached hydrogens (primary N) is 1. The van der Waals surface area contributed by atoms with Crippen molar-refractivity contribution in [2.45, 2.75) is 20.0 Å². The molecule has 108 valence electrons. The summed E-state index contributed by atoms with van der Waals surface area (Å²) in [4.78, 5) is 0. The molecule has 0 saturated heterocycles. The van der Waals surface area contributed by atoms with Crippen LogP contribution in [0.1, 0.15) is 17.3 Å². The van der Waals surface area contributed by atoms with Gasteiger partial charge in [0.2, 0.25) is 5.89 Å². The van der Waals surface area contributed by atoms with E-state index in [-0.39, 0.29) is 6.61 Å². The lowest BCUT2D eigenvalue weighted by molar-refractivity contribution is 0.246. The van der Waals surface area contributed by atoms with Crippen molar-refractivity contribution >= 4 is 15.9 Å². The first-order chi connectivity index (χ1) is 9.63. The maximum absolute atomic E-state index is 5.69. The van der Waals surface area contributed by atoms with Crippen LogP contribution in [0.4, 0.5) is 0 Å². The lowest BCUT2D eigenvalue weighted by Gasteiger charge is -2.13. The molecule has 20 heavy (non-hydrogen) atoms. The van der Waals surface area contributed by atoms with Crippen LogP contribution in [0.5, 0.6) is 11.5 Å². The first-order valence-electron chi connectivity index (χ1n) is 6.12. The minimum absolute atomic E-state index is 0.187. The highest BCUT2D eigenvalue weighted by atomic mass is 79.9. The number of hydrogen-bond donors (Lipinski definition) is 1. The second kappa shape index (κ2) is 6.71. The lowest BCUT2D eigenvalue weighted by atomic mass is 10.1. The normalized spacial score (nSPS) is 10.6. The highest BCUT2D eigenvalue weighted by Gasteiger charge is 2.13. The van der Waals surface area contributed by atoms with Gasteiger partial charge in [0.15, 0.2) is 18.1 Å². The third kappa shape index (κ3) is 3.49. The van der Waals surface area contributed by atoms with Crippen LogP contribution in [0.25, 0.3) is 0 Å². The Balaban J connectivity index is 2.17. The van der Waals surface area contributed by atoms with Gasteiger partial charge in [0.05, 0.1) is 11.6 Å². The molecule has 7 heteroatoms. The van der Waals surface area contributed by atoms with Crippen LogP contribution in [0.2, 0.25) is 0 Å². The molecular weight excluding hydrogens is 326 g/mol. The Bertz CT molecular complexity index is 586. The zero-order chi connectivity index (χ0) is 14.5. The molecule has 6 nitrogen and oxygen atoms in total. The van der Waals surface area contributed by atoms with Gasteiger partial charge < -0.3 is 19.6 Å². The van der Waals surface area contributed by atoms with Crippen molar-refractivity contribution in [1.29, 1.82) is 0 Å². The second-order valence-corrected chi connectivity index (χ2v) is 5.01. The van der Waals surface area contributed by atoms with Crippen LogP contribution >= 0.6 is 15.9 Å². The number of rotatable bonds is 6. The molecule has 0 bridgehead atoms. The molecule has 0 fully saturated rings. The number of aryl methyl sites for hydroxylation is 1. The fraction of sp³-hybridized carbons (Fsp3) is 0.385. The smallest absolute Gasteiger partial charge is 0.253 e. The minimum Gasteiger partial charge on any atom is -0.493 e. The Labute approximate surface area is 125 Å². The van der Waals surface area contributed by atoms with Crippen LogP contribution < -0.4 is 15.2 Å². The van der Waals surface area contributed by atoms with Crippen molar-refractivity contribution < 1.29 is 13.9 Å². The molecule has 0 atom stereocenters. The van der Waals surface area contributed by atoms with Gasteiger partial charge in [-0.15, -0.1) is 10.2 Å². The number of hydrogen-bond acceptors (Lipinski definition) is 6. The molecule has 0 aliphatic rings. The predicted molar refractivity (Wildman–Crippen MR) is 76.8 cm³/mol. The fourth-order valence-corrected chi connectivity index (χ4v) is 2.36. The van der Waals surface area contributed by atoms with Gasteiger partial charge in [-0.1, -0.05) is 0 Å². The summed E-state index contributed by atoms with van der Waals surface area (Å²) >= 11 is 3.48. The highest BCUT2D eigenvalue weighted by molar-refractivity contribution is 9.10. The van der Waals surface area contributed by atoms with Gasteiger partial charge in [-0.2, -0.15) is 0 Å². The quantitative estimate of drug-likeness (QED) is 0.867. The van der Waals surface area contributed by atoms with Gasteiger partial charge >= 0.3 is 0 Å². The van der Waals surface area contributed by atoms with Crippen molar-refractivity contribution in [2.75, 3.05) is 13.7 Å². The number of benzene rings is 1. The van der Waals surface area contributed by atoms with Crippen molar-refractivity contribution in [2.24, 2.45) is 5.73 Å². The Kier molecular flexibility index (Phi) is 4.97. The standard InChI is InChI=1S/C13H16BrN3O3/c1-8-16-17-12(20-8)7-19-13-10(14)5-9(3-4-15)6-11(13)18-2/h5-6H,3-4,7,15H2,1-2H3. The van der Waals surface area contributed by atoms with Crippen molar-refractivity contribution in [3.8, 4) is 11.5 Å². The van der Waals surface area contributed by atoms with E-state index in [2.05, 4.69) is 26.1 Å². The van der Waals surface area contributed by atoms with Gasteiger partial charge in [0, 0.05) is 6.92 Å². The summed E-state index contributed by atoms with van der Waals surface area (Å²) in [6.45, 7) is 2.50. The fourth-order valence-electron chi connectivity index (χ4n) is 1.75. The molecule has 0 amide bonds. The summed E-state index contributed by atoms with van der Waals surface area (Å²) in [6.07, 6.45) is 0.776. The topological polar surface area (TPSA) is 83.4 Å². The van der Waals surface area contributed by atoms with E-state index in [4.69, 9.17) is 19.6 Å². The van der Waals surface area contributed by atoms with Gasteiger partial charge in [-0.3, -0.25) is 0 Å². The Morgan fingerprint density at radius 1 is 1.35 bits per heavy atom. The molecule has 2 rings (SSSR count). The maximum atomic E-state index is 5.69. The molecule has 1 aromatic heterocycles. The predicted octanol–water partition coefficient (Wildman–Crippen LogP) is 2.23. The number of nitrogens with zero attached hydrogens (tertiary/aromatic N) is 2. The first-order valence-corrected chi connectivity index (χ1v) is 6.91. The Hall–Kier alpha value is -1.60. The van der Waals surface area contributed by atoms with Crippen molar-refractivity contribution in [3.63, 3.8) is 0 Å². The largest absolute Gasteiger partial charge is 0.493 e. The molecule has 0 spiro atoms. The minimum atomic E-state index is 0.187. The van der Waals surface area contributed by atoms with Crippen molar-refractivity contribution in [3.05, 3.63) is 34.0 Å². The molecule has 0 aliphatic heterocycles. The molecule has 2 aromatic rings. The summed E-state index contributed by atoms with van der Waals surface area (Å²) in [5.41, 5.74) is 6.64. The highest BCUT2D eigenvalue weighted by Crippen LogP contribution is 2.37. The summed E-state index contributed by atoms with van der Waals surface area (Å²) in [6, 6.07) is 3.87. The molecule has 0 radical (unpaired) electrons. The average Bonchev–Trinajstić information content (AvgIpc) is 2.83. The van der Waals surface area contributed by atoms with Gasteiger partial charge in [-0.05, 0) is 46.6 Å². The molecule has 0 saturated carbocycles. The third-order valence-electron chi connectivity index (χ3n) is 2.63. The van der Waals surface area contributed by atoms with E-state index in [1.54, 1.807) is 14.0 Å². The van der Waals surface area contributed by atoms with E-state index in [0.717, 1.165) is 16.5 Å². The zero-order valence-electron chi connectivity index (χ0n) is 11.4. The van der Waals surface area contributed by atoms with Gasteiger partial charge in [0.25, 0.3) is 5.89 Å². The van der Waals surface area contributed by atoms with Crippen LogP contribution in [0.3, 0.4) is 0 Å². The maximum Gasteiger partial charge on any atom is 0.253 e. The van der Waals surface area contributed by atoms with E-state index < -0.39 is 0 Å². The number of halogens is 1. The van der Waals surface area contributed by atoms with Gasteiger partial charge in [0.1, 0.15) is 0 Å². The van der Waals surface area contributed by atoms with Crippen LogP contribution in [-0.4, -0.2) is 23.9 Å². The van der Waals surface area contributed by atoms with E-state index in [1.165, 1.54) is 0 Å². The Morgan fingerprint density at radius 2 is 2.15 bits per heavy atom. The number of aromatic nitrogens is 2. The SMILES string of the molecule is COc1cc(CCN)cc(Br)c1OCc1nnc(C)o1. The molecule has 0 aliphatic carbocycles. The molecule has 1 aromatic carbocycles. The van der Waals surface area contributed by atoms with Crippen LogP contribution in [-0.2, 0) is 13.0 Å². The van der Waals surface area contributed by atoms with Gasteiger partial charge in [-0.25, -0.2) is 0 Å². The summed E-state index contributed by atoms with van der Waals surface area (Å²) in [5.74, 6) is 2.17. The number of ether oxygens (including phenoxy) is 2. The van der Waals surface area contributed by atoms with Crippen LogP contribution in [0.15, 0.2) is 21.0 Å². The monoisotopic (exact) mass is 341 g/mol. The summed E-state index contributed by atoms with van der Waals surface area (Å²) < 4.78 is 17.1. The zero-order valence-corrected chi connectivity index (χ0v) is 12.9. The lowest BCUT2D eigenvalue weighted by Crippen LogP contribution is -2.04. The first kappa shape index (κ1) is 14.8. The summed E-state index contributed by atoms with van der Waals surface area (Å²) in [7, 11) is 1.59. The van der Waals surface area contributed by atoms with E-state index >= 15 is 0 Å². The summed E-state index contributed by atoms with van der Waals surface area (Å²) in [5, 5.41) is 7.63. The molecular formula is C13H16BrN3O3. The van der Waals surface area contributed by atoms with Crippen LogP contribution in [0, 0.1) is 6.92 Å². The molecule has 2 N–H and O–H groups in total.